The highest BCUT2D eigenvalue weighted by Gasteiger charge is 2.47. The SMILES string of the molecule is CC(NC(=O)C(CC(N)=O)NC(=O)C1CCCN1C(=O)C1CCCN1C(=O)C1CCCN1C(=O)C1CCCN1)C(=O)NC(CC(N)=O)C(=O)NC(CC(=O)O)C(=O)O. The monoisotopic (exact) mass is 820 g/mol. The zero-order valence-corrected chi connectivity index (χ0v) is 32.1. The summed E-state index contributed by atoms with van der Waals surface area (Å²) in [5.74, 6) is -10.5. The number of hydrogen-bond donors (Lipinski definition) is 9. The number of nitrogens with two attached hydrogens (primary N) is 2. The lowest BCUT2D eigenvalue weighted by molar-refractivity contribution is -0.151. The van der Waals surface area contributed by atoms with Gasteiger partial charge in [-0.05, 0) is 64.8 Å². The molecule has 0 bridgehead atoms. The van der Waals surface area contributed by atoms with Gasteiger partial charge in [-0.2, -0.15) is 0 Å². The minimum Gasteiger partial charge on any atom is -0.481 e. The Morgan fingerprint density at radius 3 is 1.53 bits per heavy atom. The number of carbonyl (C=O) groups excluding carboxylic acids is 9. The number of hydrogen-bond acceptors (Lipinski definition) is 12. The number of carboxylic acid groups (broad SMARTS) is 2. The Morgan fingerprint density at radius 1 is 0.586 bits per heavy atom. The van der Waals surface area contributed by atoms with Crippen LogP contribution < -0.4 is 38.1 Å². The molecule has 58 heavy (non-hydrogen) atoms. The van der Waals surface area contributed by atoms with Crippen molar-refractivity contribution in [3.8, 4) is 0 Å². The van der Waals surface area contributed by atoms with E-state index in [0.29, 0.717) is 51.6 Å². The summed E-state index contributed by atoms with van der Waals surface area (Å²) in [4.78, 5) is 144. The molecule has 11 N–H and O–H groups in total. The number of amides is 9. The van der Waals surface area contributed by atoms with Crippen molar-refractivity contribution in [3.05, 3.63) is 0 Å². The number of primary amides is 2. The summed E-state index contributed by atoms with van der Waals surface area (Å²) in [5, 5.41) is 30.1. The van der Waals surface area contributed by atoms with Crippen molar-refractivity contribution in [1.82, 2.24) is 41.3 Å². The highest BCUT2D eigenvalue weighted by molar-refractivity contribution is 5.99. The van der Waals surface area contributed by atoms with Gasteiger partial charge in [-0.1, -0.05) is 0 Å². The number of nitrogens with one attached hydrogen (secondary N) is 5. The summed E-state index contributed by atoms with van der Waals surface area (Å²) in [7, 11) is 0. The van der Waals surface area contributed by atoms with Gasteiger partial charge < -0.3 is 63.0 Å². The van der Waals surface area contributed by atoms with Gasteiger partial charge in [-0.25, -0.2) is 4.79 Å². The van der Waals surface area contributed by atoms with E-state index in [9.17, 15) is 57.8 Å². The third kappa shape index (κ3) is 11.4. The fourth-order valence-corrected chi connectivity index (χ4v) is 7.77. The highest BCUT2D eigenvalue weighted by atomic mass is 16.4. The first kappa shape index (κ1) is 44.8. The summed E-state index contributed by atoms with van der Waals surface area (Å²) >= 11 is 0. The van der Waals surface area contributed by atoms with Gasteiger partial charge in [0.15, 0.2) is 0 Å². The molecular formula is C35H52N10O13. The van der Waals surface area contributed by atoms with Gasteiger partial charge >= 0.3 is 11.9 Å². The van der Waals surface area contributed by atoms with Gasteiger partial charge in [0.1, 0.15) is 42.3 Å². The molecule has 23 nitrogen and oxygen atoms in total. The Balaban J connectivity index is 1.39. The maximum Gasteiger partial charge on any atom is 0.326 e. The molecular weight excluding hydrogens is 768 g/mol. The number of carboxylic acids is 2. The predicted octanol–water partition coefficient (Wildman–Crippen LogP) is -5.02. The second-order valence-corrected chi connectivity index (χ2v) is 14.9. The molecule has 0 radical (unpaired) electrons. The van der Waals surface area contributed by atoms with E-state index >= 15 is 0 Å². The summed E-state index contributed by atoms with van der Waals surface area (Å²) < 4.78 is 0. The fraction of sp³-hybridized carbons (Fsp3) is 0.686. The maximum absolute atomic E-state index is 14.0. The number of carbonyl (C=O) groups is 11. The Bertz CT molecular complexity index is 1670. The normalized spacial score (nSPS) is 23.6. The van der Waals surface area contributed by atoms with E-state index in [4.69, 9.17) is 16.6 Å². The second kappa shape index (κ2) is 20.0. The van der Waals surface area contributed by atoms with Gasteiger partial charge in [-0.3, -0.25) is 47.9 Å². The summed E-state index contributed by atoms with van der Waals surface area (Å²) in [5.41, 5.74) is 10.5. The predicted molar refractivity (Wildman–Crippen MR) is 196 cm³/mol. The van der Waals surface area contributed by atoms with Gasteiger partial charge in [0.2, 0.25) is 53.2 Å². The van der Waals surface area contributed by atoms with Crippen LogP contribution in [0.3, 0.4) is 0 Å². The molecule has 23 heteroatoms. The van der Waals surface area contributed by atoms with E-state index in [0.717, 1.165) is 19.9 Å². The van der Waals surface area contributed by atoms with Crippen LogP contribution in [-0.4, -0.2) is 165 Å². The third-order valence-corrected chi connectivity index (χ3v) is 10.7. The Hall–Kier alpha value is -5.87. The zero-order chi connectivity index (χ0) is 42.8. The standard InChI is InChI=1S/C35H52N10O13/c1-17(28(50)40-20(15-26(37)47)30(52)42-21(35(57)58)16-27(48)49)39-29(51)19(14-25(36)46)41-31(53)22-7-3-11-43(22)33(55)24-9-5-13-45(24)34(56)23-8-4-12-44(23)32(54)18-6-2-10-38-18/h17-24,38H,2-16H2,1H3,(H2,36,46)(H2,37,47)(H,39,51)(H,40,50)(H,41,53)(H,42,52)(H,48,49)(H,57,58). The van der Waals surface area contributed by atoms with Crippen molar-refractivity contribution in [1.29, 1.82) is 0 Å². The smallest absolute Gasteiger partial charge is 0.326 e. The first-order valence-corrected chi connectivity index (χ1v) is 19.3. The van der Waals surface area contributed by atoms with E-state index in [-0.39, 0.29) is 30.8 Å². The molecule has 9 amide bonds. The van der Waals surface area contributed by atoms with Crippen LogP contribution in [0.4, 0.5) is 0 Å². The topological polar surface area (TPSA) is 350 Å². The quantitative estimate of drug-likeness (QED) is 0.0626. The summed E-state index contributed by atoms with van der Waals surface area (Å²) in [6.45, 7) is 2.79. The molecule has 4 rings (SSSR count). The lowest BCUT2D eigenvalue weighted by Crippen LogP contribution is -2.59. The van der Waals surface area contributed by atoms with Crippen molar-refractivity contribution in [2.75, 3.05) is 26.2 Å². The molecule has 4 heterocycles. The minimum atomic E-state index is -1.92. The molecule has 0 aromatic heterocycles. The van der Waals surface area contributed by atoms with Crippen LogP contribution in [0.15, 0.2) is 0 Å². The average molecular weight is 821 g/mol. The number of likely N-dealkylation sites (tertiary alicyclic amines) is 3. The van der Waals surface area contributed by atoms with E-state index < -0.39 is 115 Å². The summed E-state index contributed by atoms with van der Waals surface area (Å²) in [6, 6.07) is -9.86. The molecule has 0 aromatic carbocycles. The molecule has 0 spiro atoms. The Morgan fingerprint density at radius 2 is 1.05 bits per heavy atom. The van der Waals surface area contributed by atoms with E-state index in [1.165, 1.54) is 9.80 Å². The van der Waals surface area contributed by atoms with Crippen molar-refractivity contribution in [2.24, 2.45) is 11.5 Å². The molecule has 0 saturated carbocycles. The van der Waals surface area contributed by atoms with Crippen molar-refractivity contribution >= 4 is 65.1 Å². The third-order valence-electron chi connectivity index (χ3n) is 10.7. The van der Waals surface area contributed by atoms with E-state index in [2.05, 4.69) is 21.3 Å². The molecule has 4 aliphatic heterocycles. The van der Waals surface area contributed by atoms with Crippen LogP contribution in [0.1, 0.15) is 77.6 Å². The molecule has 4 saturated heterocycles. The zero-order valence-electron chi connectivity index (χ0n) is 32.1. The maximum atomic E-state index is 14.0. The van der Waals surface area contributed by atoms with Crippen LogP contribution in [0.5, 0.6) is 0 Å². The number of nitrogens with zero attached hydrogens (tertiary/aromatic N) is 3. The van der Waals surface area contributed by atoms with Crippen molar-refractivity contribution < 1.29 is 63.0 Å². The Labute approximate surface area is 332 Å². The molecule has 8 unspecified atom stereocenters. The molecule has 8 atom stereocenters. The number of aliphatic carboxylic acids is 2. The van der Waals surface area contributed by atoms with Gasteiger partial charge in [0.05, 0.1) is 25.3 Å². The molecule has 320 valence electrons. The lowest BCUT2D eigenvalue weighted by Gasteiger charge is -2.34. The molecule has 0 aromatic rings. The Kier molecular flexibility index (Phi) is 15.5. The fourth-order valence-electron chi connectivity index (χ4n) is 7.77. The highest BCUT2D eigenvalue weighted by Crippen LogP contribution is 2.29. The molecule has 0 aliphatic carbocycles. The lowest BCUT2D eigenvalue weighted by atomic mass is 10.1. The van der Waals surface area contributed by atoms with Crippen LogP contribution >= 0.6 is 0 Å². The largest absolute Gasteiger partial charge is 0.481 e. The summed E-state index contributed by atoms with van der Waals surface area (Å²) in [6.07, 6.45) is 1.57. The van der Waals surface area contributed by atoms with Gasteiger partial charge in [0, 0.05) is 19.6 Å². The number of rotatable bonds is 18. The van der Waals surface area contributed by atoms with Crippen LogP contribution in [-0.2, 0) is 52.7 Å². The van der Waals surface area contributed by atoms with Crippen LogP contribution in [0.2, 0.25) is 0 Å². The minimum absolute atomic E-state index is 0.128. The van der Waals surface area contributed by atoms with Crippen molar-refractivity contribution in [2.45, 2.75) is 126 Å². The van der Waals surface area contributed by atoms with Gasteiger partial charge in [-0.15, -0.1) is 0 Å². The average Bonchev–Trinajstić information content (AvgIpc) is 3.99. The van der Waals surface area contributed by atoms with Crippen LogP contribution in [0.25, 0.3) is 0 Å². The van der Waals surface area contributed by atoms with E-state index in [1.54, 1.807) is 4.90 Å². The van der Waals surface area contributed by atoms with Crippen LogP contribution in [0, 0.1) is 0 Å². The first-order chi connectivity index (χ1) is 27.4. The van der Waals surface area contributed by atoms with Crippen molar-refractivity contribution in [3.63, 3.8) is 0 Å². The van der Waals surface area contributed by atoms with E-state index in [1.807, 2.05) is 5.32 Å². The first-order valence-electron chi connectivity index (χ1n) is 19.3. The molecule has 4 fully saturated rings. The molecule has 4 aliphatic rings. The second-order valence-electron chi connectivity index (χ2n) is 14.9. The van der Waals surface area contributed by atoms with Gasteiger partial charge in [0.25, 0.3) is 0 Å².